The Morgan fingerprint density at radius 1 is 1.35 bits per heavy atom. The highest BCUT2D eigenvalue weighted by Gasteiger charge is 2.40. The number of benzene rings is 1. The van der Waals surface area contributed by atoms with E-state index in [1.165, 1.54) is 0 Å². The molecule has 0 radical (unpaired) electrons. The molecule has 3 N–H and O–H groups in total. The van der Waals surface area contributed by atoms with Gasteiger partial charge in [0, 0.05) is 33.2 Å². The second-order valence-electron chi connectivity index (χ2n) is 5.05. The first-order valence-corrected chi connectivity index (χ1v) is 7.40. The average molecular weight is 319 g/mol. The molecule has 0 aromatic heterocycles. The smallest absolute Gasteiger partial charge is 0.0891 e. The summed E-state index contributed by atoms with van der Waals surface area (Å²) in [6, 6.07) is 5.63. The normalized spacial score (nSPS) is 19.8. The highest BCUT2D eigenvalue weighted by atomic mass is 35.5. The first-order chi connectivity index (χ1) is 9.61. The van der Waals surface area contributed by atoms with Crippen molar-refractivity contribution >= 4 is 23.2 Å². The van der Waals surface area contributed by atoms with Crippen LogP contribution in [0.2, 0.25) is 10.0 Å². The molecular weight excluding hydrogens is 299 g/mol. The third-order valence-electron chi connectivity index (χ3n) is 4.01. The van der Waals surface area contributed by atoms with Gasteiger partial charge < -0.3 is 9.47 Å². The van der Waals surface area contributed by atoms with Gasteiger partial charge in [0.15, 0.2) is 0 Å². The van der Waals surface area contributed by atoms with Crippen LogP contribution in [0.3, 0.4) is 0 Å². The maximum Gasteiger partial charge on any atom is 0.0891 e. The van der Waals surface area contributed by atoms with Crippen LogP contribution in [0, 0.1) is 0 Å². The minimum atomic E-state index is -0.306. The second kappa shape index (κ2) is 7.07. The number of ether oxygens (including phenoxy) is 2. The molecule has 1 saturated heterocycles. The van der Waals surface area contributed by atoms with Crippen molar-refractivity contribution < 1.29 is 9.47 Å². The quantitative estimate of drug-likeness (QED) is 0.647. The Balaban J connectivity index is 2.16. The molecule has 1 fully saturated rings. The number of hydrogen-bond acceptors (Lipinski definition) is 4. The van der Waals surface area contributed by atoms with E-state index in [2.05, 4.69) is 5.43 Å². The number of nitrogens with one attached hydrogen (secondary N) is 1. The molecule has 20 heavy (non-hydrogen) atoms. The number of methoxy groups -OCH3 is 1. The number of nitrogens with two attached hydrogens (primary N) is 1. The van der Waals surface area contributed by atoms with Crippen LogP contribution in [0.15, 0.2) is 18.2 Å². The Bertz CT molecular complexity index is 451. The number of halogens is 2. The van der Waals surface area contributed by atoms with E-state index in [9.17, 15) is 0 Å². The average Bonchev–Trinajstić information content (AvgIpc) is 2.49. The van der Waals surface area contributed by atoms with Crippen molar-refractivity contribution in [3.63, 3.8) is 0 Å². The van der Waals surface area contributed by atoms with Crippen LogP contribution in [0.5, 0.6) is 0 Å². The van der Waals surface area contributed by atoms with E-state index in [-0.39, 0.29) is 11.6 Å². The van der Waals surface area contributed by atoms with E-state index >= 15 is 0 Å². The van der Waals surface area contributed by atoms with Crippen LogP contribution in [0.25, 0.3) is 0 Å². The minimum Gasteiger partial charge on any atom is -0.381 e. The monoisotopic (exact) mass is 318 g/mol. The third-order valence-corrected chi connectivity index (χ3v) is 4.74. The van der Waals surface area contributed by atoms with Crippen molar-refractivity contribution in [1.82, 2.24) is 5.43 Å². The molecule has 0 amide bonds. The summed E-state index contributed by atoms with van der Waals surface area (Å²) in [4.78, 5) is 0. The molecule has 1 unspecified atom stereocenters. The van der Waals surface area contributed by atoms with Gasteiger partial charge in [-0.15, -0.1) is 0 Å². The summed E-state index contributed by atoms with van der Waals surface area (Å²) in [5.41, 5.74) is 3.66. The van der Waals surface area contributed by atoms with E-state index in [4.69, 9.17) is 38.5 Å². The number of hydrogen-bond donors (Lipinski definition) is 2. The van der Waals surface area contributed by atoms with Gasteiger partial charge in [0.25, 0.3) is 0 Å². The lowest BCUT2D eigenvalue weighted by atomic mass is 9.83. The van der Waals surface area contributed by atoms with E-state index in [0.717, 1.165) is 24.8 Å². The lowest BCUT2D eigenvalue weighted by molar-refractivity contribution is -0.110. The van der Waals surface area contributed by atoms with Gasteiger partial charge in [0.05, 0.1) is 21.7 Å². The molecule has 2 rings (SSSR count). The molecule has 1 heterocycles. The summed E-state index contributed by atoms with van der Waals surface area (Å²) in [6.07, 6.45) is 2.36. The van der Waals surface area contributed by atoms with Crippen molar-refractivity contribution in [2.75, 3.05) is 20.3 Å². The van der Waals surface area contributed by atoms with Crippen molar-refractivity contribution in [2.45, 2.75) is 30.9 Å². The summed E-state index contributed by atoms with van der Waals surface area (Å²) in [7, 11) is 1.73. The number of hydrazine groups is 1. The minimum absolute atomic E-state index is 0.00589. The zero-order chi connectivity index (χ0) is 14.6. The van der Waals surface area contributed by atoms with Crippen molar-refractivity contribution in [3.8, 4) is 0 Å². The maximum atomic E-state index is 6.06. The first-order valence-electron chi connectivity index (χ1n) is 6.64. The fraction of sp³-hybridized carbons (Fsp3) is 0.571. The maximum absolute atomic E-state index is 6.06. The Kier molecular flexibility index (Phi) is 5.66. The lowest BCUT2D eigenvalue weighted by Gasteiger charge is -2.42. The molecule has 1 aliphatic heterocycles. The van der Waals surface area contributed by atoms with Crippen molar-refractivity contribution in [2.24, 2.45) is 5.84 Å². The van der Waals surface area contributed by atoms with Gasteiger partial charge in [-0.3, -0.25) is 11.3 Å². The molecule has 1 aromatic rings. The fourth-order valence-corrected chi connectivity index (χ4v) is 3.03. The summed E-state index contributed by atoms with van der Waals surface area (Å²) < 4.78 is 11.2. The molecule has 1 aromatic carbocycles. The van der Waals surface area contributed by atoms with Crippen LogP contribution < -0.4 is 11.3 Å². The summed E-state index contributed by atoms with van der Waals surface area (Å²) >= 11 is 12.0. The molecule has 112 valence electrons. The van der Waals surface area contributed by atoms with Crippen molar-refractivity contribution in [1.29, 1.82) is 0 Å². The fourth-order valence-electron chi connectivity index (χ4n) is 2.71. The molecular formula is C14H20Cl2N2O2. The molecule has 0 aliphatic carbocycles. The summed E-state index contributed by atoms with van der Waals surface area (Å²) in [6.45, 7) is 1.38. The summed E-state index contributed by atoms with van der Waals surface area (Å²) in [5.74, 6) is 5.75. The van der Waals surface area contributed by atoms with Gasteiger partial charge in [0.2, 0.25) is 0 Å². The molecule has 6 heteroatoms. The highest BCUT2D eigenvalue weighted by Crippen LogP contribution is 2.31. The van der Waals surface area contributed by atoms with E-state index in [1.807, 2.05) is 12.1 Å². The van der Waals surface area contributed by atoms with Gasteiger partial charge in [0.1, 0.15) is 0 Å². The predicted molar refractivity (Wildman–Crippen MR) is 81.1 cm³/mol. The molecule has 1 atom stereocenters. The van der Waals surface area contributed by atoms with Gasteiger partial charge in [-0.1, -0.05) is 29.3 Å². The zero-order valence-electron chi connectivity index (χ0n) is 11.5. The Morgan fingerprint density at radius 2 is 2.05 bits per heavy atom. The van der Waals surface area contributed by atoms with Crippen LogP contribution in [0.4, 0.5) is 0 Å². The predicted octanol–water partition coefficient (Wildman–Crippen LogP) is 2.56. The van der Waals surface area contributed by atoms with E-state index in [1.54, 1.807) is 13.2 Å². The van der Waals surface area contributed by atoms with Crippen LogP contribution in [0.1, 0.15) is 18.4 Å². The van der Waals surface area contributed by atoms with Crippen LogP contribution in [-0.2, 0) is 15.9 Å². The van der Waals surface area contributed by atoms with Crippen LogP contribution in [-0.4, -0.2) is 32.0 Å². The Hall–Kier alpha value is -0.360. The molecule has 0 spiro atoms. The topological polar surface area (TPSA) is 56.5 Å². The molecule has 4 nitrogen and oxygen atoms in total. The number of rotatable bonds is 5. The first kappa shape index (κ1) is 16.0. The highest BCUT2D eigenvalue weighted by molar-refractivity contribution is 6.42. The third kappa shape index (κ3) is 3.45. The largest absolute Gasteiger partial charge is 0.381 e. The van der Waals surface area contributed by atoms with E-state index < -0.39 is 0 Å². The van der Waals surface area contributed by atoms with Gasteiger partial charge in [-0.05, 0) is 24.1 Å². The molecule has 0 bridgehead atoms. The standard InChI is InChI=1S/C14H20Cl2N2O2/c1-19-14(4-6-20-7-5-14)13(18-17)9-10-2-3-11(15)12(16)8-10/h2-3,8,13,18H,4-7,9,17H2,1H3. The SMILES string of the molecule is COC1(C(Cc2ccc(Cl)c(Cl)c2)NN)CCOCC1. The van der Waals surface area contributed by atoms with E-state index in [0.29, 0.717) is 23.3 Å². The summed E-state index contributed by atoms with van der Waals surface area (Å²) in [5, 5.41) is 1.11. The van der Waals surface area contributed by atoms with Gasteiger partial charge in [-0.2, -0.15) is 0 Å². The molecule has 1 aliphatic rings. The van der Waals surface area contributed by atoms with Gasteiger partial charge >= 0.3 is 0 Å². The Labute approximate surface area is 129 Å². The lowest BCUT2D eigenvalue weighted by Crippen LogP contribution is -2.58. The second-order valence-corrected chi connectivity index (χ2v) is 5.87. The Morgan fingerprint density at radius 3 is 2.60 bits per heavy atom. The van der Waals surface area contributed by atoms with Gasteiger partial charge in [-0.25, -0.2) is 0 Å². The van der Waals surface area contributed by atoms with Crippen molar-refractivity contribution in [3.05, 3.63) is 33.8 Å². The zero-order valence-corrected chi connectivity index (χ0v) is 13.0. The van der Waals surface area contributed by atoms with Crippen LogP contribution >= 0.6 is 23.2 Å². The molecule has 0 saturated carbocycles.